The summed E-state index contributed by atoms with van der Waals surface area (Å²) in [5.74, 6) is 0.0768. The summed E-state index contributed by atoms with van der Waals surface area (Å²) >= 11 is 11.8. The van der Waals surface area contributed by atoms with Crippen molar-refractivity contribution < 1.29 is 13.2 Å². The Labute approximate surface area is 133 Å². The second-order valence-corrected chi connectivity index (χ2v) is 7.52. The summed E-state index contributed by atoms with van der Waals surface area (Å²) in [5.41, 5.74) is 0.0623. The summed E-state index contributed by atoms with van der Waals surface area (Å²) in [4.78, 5) is 11.9. The van der Waals surface area contributed by atoms with Gasteiger partial charge in [-0.3, -0.25) is 4.79 Å². The maximum atomic E-state index is 12.2. The van der Waals surface area contributed by atoms with Gasteiger partial charge in [-0.25, -0.2) is 13.6 Å². The Kier molecular flexibility index (Phi) is 4.82. The third kappa shape index (κ3) is 3.88. The predicted molar refractivity (Wildman–Crippen MR) is 82.1 cm³/mol. The summed E-state index contributed by atoms with van der Waals surface area (Å²) in [6, 6.07) is 2.46. The van der Waals surface area contributed by atoms with Gasteiger partial charge in [0.1, 0.15) is 4.90 Å². The molecular weight excluding hydrogens is 335 g/mol. The molecule has 0 aromatic heterocycles. The van der Waals surface area contributed by atoms with Crippen LogP contribution in [0.3, 0.4) is 0 Å². The Morgan fingerprint density at radius 2 is 2.05 bits per heavy atom. The Bertz CT molecular complexity index is 676. The van der Waals surface area contributed by atoms with Crippen LogP contribution in [0.5, 0.6) is 0 Å². The molecule has 0 spiro atoms. The van der Waals surface area contributed by atoms with Crippen molar-refractivity contribution in [2.24, 2.45) is 11.1 Å². The first-order chi connectivity index (χ1) is 9.74. The lowest BCUT2D eigenvalue weighted by Gasteiger charge is -2.09. The standard InChI is InChI=1S/C13H16Cl2N2O3S/c1-2-3-7-4-11(7)17-13(18)8-5-12(21(16,19)20)10(15)6-9(8)14/h5-7,11H,2-4H2,1H3,(H,17,18)(H2,16,19,20). The number of benzene rings is 1. The van der Waals surface area contributed by atoms with Crippen LogP contribution in [0.2, 0.25) is 10.0 Å². The molecule has 8 heteroatoms. The fourth-order valence-corrected chi connectivity index (χ4v) is 3.69. The van der Waals surface area contributed by atoms with Crippen molar-refractivity contribution in [2.75, 3.05) is 0 Å². The maximum Gasteiger partial charge on any atom is 0.253 e. The number of hydrogen-bond acceptors (Lipinski definition) is 3. The molecule has 116 valence electrons. The normalized spacial score (nSPS) is 21.1. The number of rotatable bonds is 5. The molecule has 1 fully saturated rings. The van der Waals surface area contributed by atoms with Crippen LogP contribution in [0.1, 0.15) is 36.5 Å². The van der Waals surface area contributed by atoms with Crippen LogP contribution in [0.4, 0.5) is 0 Å². The van der Waals surface area contributed by atoms with Crippen molar-refractivity contribution in [1.29, 1.82) is 0 Å². The van der Waals surface area contributed by atoms with Gasteiger partial charge in [-0.15, -0.1) is 0 Å². The first-order valence-electron chi connectivity index (χ1n) is 6.56. The zero-order valence-corrected chi connectivity index (χ0v) is 13.7. The quantitative estimate of drug-likeness (QED) is 0.854. The molecule has 2 atom stereocenters. The molecule has 1 aliphatic carbocycles. The molecule has 1 aromatic rings. The van der Waals surface area contributed by atoms with Gasteiger partial charge in [0.05, 0.1) is 15.6 Å². The average Bonchev–Trinajstić information content (AvgIpc) is 3.05. The summed E-state index contributed by atoms with van der Waals surface area (Å²) in [5, 5.41) is 7.90. The van der Waals surface area contributed by atoms with Crippen LogP contribution in [0.15, 0.2) is 17.0 Å². The van der Waals surface area contributed by atoms with Crippen LogP contribution in [0, 0.1) is 5.92 Å². The summed E-state index contributed by atoms with van der Waals surface area (Å²) in [6.07, 6.45) is 3.06. The van der Waals surface area contributed by atoms with E-state index in [0.717, 1.165) is 25.3 Å². The molecule has 0 heterocycles. The SMILES string of the molecule is CCCC1CC1NC(=O)c1cc(S(N)(=O)=O)c(Cl)cc1Cl. The summed E-state index contributed by atoms with van der Waals surface area (Å²) in [7, 11) is -4.01. The predicted octanol–water partition coefficient (Wildman–Crippen LogP) is 2.56. The van der Waals surface area contributed by atoms with Gasteiger partial charge in [0.15, 0.2) is 0 Å². The number of nitrogens with one attached hydrogen (secondary N) is 1. The zero-order chi connectivity index (χ0) is 15.8. The van der Waals surface area contributed by atoms with Gasteiger partial charge < -0.3 is 5.32 Å². The number of primary sulfonamides is 1. The van der Waals surface area contributed by atoms with Gasteiger partial charge >= 0.3 is 0 Å². The van der Waals surface area contributed by atoms with Crippen LogP contribution in [-0.4, -0.2) is 20.4 Å². The number of carbonyl (C=O) groups is 1. The lowest BCUT2D eigenvalue weighted by molar-refractivity contribution is 0.0949. The minimum absolute atomic E-state index is 0.0623. The summed E-state index contributed by atoms with van der Waals surface area (Å²) < 4.78 is 22.9. The van der Waals surface area contributed by atoms with Gasteiger partial charge in [-0.1, -0.05) is 36.5 Å². The highest BCUT2D eigenvalue weighted by Gasteiger charge is 2.37. The van der Waals surface area contributed by atoms with E-state index >= 15 is 0 Å². The highest BCUT2D eigenvalue weighted by atomic mass is 35.5. The lowest BCUT2D eigenvalue weighted by Crippen LogP contribution is -2.27. The molecule has 1 saturated carbocycles. The fourth-order valence-electron chi connectivity index (χ4n) is 2.28. The van der Waals surface area contributed by atoms with Crippen LogP contribution in [0.25, 0.3) is 0 Å². The minimum Gasteiger partial charge on any atom is -0.349 e. The van der Waals surface area contributed by atoms with Crippen LogP contribution in [-0.2, 0) is 10.0 Å². The molecular formula is C13H16Cl2N2O3S. The Hall–Kier alpha value is -0.820. The zero-order valence-electron chi connectivity index (χ0n) is 11.4. The Morgan fingerprint density at radius 1 is 1.38 bits per heavy atom. The number of nitrogens with two attached hydrogens (primary N) is 1. The second kappa shape index (κ2) is 6.12. The van der Waals surface area contributed by atoms with Gasteiger partial charge in [-0.2, -0.15) is 0 Å². The molecule has 3 N–H and O–H groups in total. The number of sulfonamides is 1. The molecule has 1 aliphatic rings. The van der Waals surface area contributed by atoms with E-state index in [1.54, 1.807) is 0 Å². The fraction of sp³-hybridized carbons (Fsp3) is 0.462. The van der Waals surface area contributed by atoms with E-state index in [2.05, 4.69) is 12.2 Å². The van der Waals surface area contributed by atoms with Crippen molar-refractivity contribution in [3.63, 3.8) is 0 Å². The Morgan fingerprint density at radius 3 is 2.62 bits per heavy atom. The highest BCUT2D eigenvalue weighted by Crippen LogP contribution is 2.35. The maximum absolute atomic E-state index is 12.2. The summed E-state index contributed by atoms with van der Waals surface area (Å²) in [6.45, 7) is 2.09. The van der Waals surface area contributed by atoms with Gasteiger partial charge in [0.25, 0.3) is 5.91 Å². The molecule has 0 bridgehead atoms. The monoisotopic (exact) mass is 350 g/mol. The smallest absolute Gasteiger partial charge is 0.253 e. The third-order valence-corrected chi connectivity index (χ3v) is 5.16. The van der Waals surface area contributed by atoms with E-state index in [0.29, 0.717) is 5.92 Å². The van der Waals surface area contributed by atoms with Gasteiger partial charge in [0, 0.05) is 6.04 Å². The van der Waals surface area contributed by atoms with Crippen LogP contribution < -0.4 is 10.5 Å². The second-order valence-electron chi connectivity index (χ2n) is 5.17. The largest absolute Gasteiger partial charge is 0.349 e. The van der Waals surface area contributed by atoms with E-state index in [1.807, 2.05) is 0 Å². The molecule has 1 amide bonds. The van der Waals surface area contributed by atoms with E-state index < -0.39 is 15.9 Å². The van der Waals surface area contributed by atoms with E-state index in [-0.39, 0.29) is 26.5 Å². The minimum atomic E-state index is -4.01. The molecule has 0 radical (unpaired) electrons. The van der Waals surface area contributed by atoms with Crippen molar-refractivity contribution in [2.45, 2.75) is 37.1 Å². The van der Waals surface area contributed by atoms with Crippen molar-refractivity contribution >= 4 is 39.1 Å². The van der Waals surface area contributed by atoms with E-state index in [1.165, 1.54) is 6.07 Å². The molecule has 2 unspecified atom stereocenters. The number of amides is 1. The highest BCUT2D eigenvalue weighted by molar-refractivity contribution is 7.89. The van der Waals surface area contributed by atoms with Crippen molar-refractivity contribution in [3.05, 3.63) is 27.7 Å². The average molecular weight is 351 g/mol. The molecule has 1 aromatic carbocycles. The van der Waals surface area contributed by atoms with E-state index in [4.69, 9.17) is 28.3 Å². The molecule has 0 saturated heterocycles. The van der Waals surface area contributed by atoms with Gasteiger partial charge in [-0.05, 0) is 30.9 Å². The number of hydrogen-bond donors (Lipinski definition) is 2. The number of carbonyl (C=O) groups excluding carboxylic acids is 1. The number of halogens is 2. The first kappa shape index (κ1) is 16.5. The molecule has 5 nitrogen and oxygen atoms in total. The van der Waals surface area contributed by atoms with E-state index in [9.17, 15) is 13.2 Å². The Balaban J connectivity index is 2.22. The lowest BCUT2D eigenvalue weighted by atomic mass is 10.2. The molecule has 0 aliphatic heterocycles. The van der Waals surface area contributed by atoms with Gasteiger partial charge in [0.2, 0.25) is 10.0 Å². The van der Waals surface area contributed by atoms with Crippen molar-refractivity contribution in [1.82, 2.24) is 5.32 Å². The molecule has 21 heavy (non-hydrogen) atoms. The van der Waals surface area contributed by atoms with Crippen molar-refractivity contribution in [3.8, 4) is 0 Å². The van der Waals surface area contributed by atoms with Crippen LogP contribution >= 0.6 is 23.2 Å². The molecule has 2 rings (SSSR count). The topological polar surface area (TPSA) is 89.3 Å². The first-order valence-corrected chi connectivity index (χ1v) is 8.87. The third-order valence-electron chi connectivity index (χ3n) is 3.47.